The summed E-state index contributed by atoms with van der Waals surface area (Å²) >= 11 is 0. The number of nitrogens with one attached hydrogen (secondary N) is 1. The van der Waals surface area contributed by atoms with E-state index in [0.717, 1.165) is 35.5 Å². The molecule has 0 saturated carbocycles. The van der Waals surface area contributed by atoms with Crippen molar-refractivity contribution in [3.8, 4) is 5.75 Å². The molecule has 1 aliphatic rings. The first-order valence-corrected chi connectivity index (χ1v) is 9.94. The van der Waals surface area contributed by atoms with Crippen molar-refractivity contribution in [2.45, 2.75) is 26.8 Å². The number of hydrogen-bond donors (Lipinski definition) is 1. The average Bonchev–Trinajstić information content (AvgIpc) is 2.72. The van der Waals surface area contributed by atoms with Gasteiger partial charge in [-0.25, -0.2) is 5.43 Å². The van der Waals surface area contributed by atoms with Crippen LogP contribution in [0.3, 0.4) is 0 Å². The number of carbonyl (C=O) groups is 1. The van der Waals surface area contributed by atoms with Gasteiger partial charge in [-0.05, 0) is 49.6 Å². The second-order valence-electron chi connectivity index (χ2n) is 7.36. The summed E-state index contributed by atoms with van der Waals surface area (Å²) in [5.41, 5.74) is 6.82. The molecule has 1 fully saturated rings. The zero-order valence-corrected chi connectivity index (χ0v) is 17.4. The van der Waals surface area contributed by atoms with Crippen molar-refractivity contribution in [2.75, 3.05) is 32.9 Å². The Bertz CT molecular complexity index is 825. The Balaban J connectivity index is 1.64. The minimum atomic E-state index is -0.280. The molecule has 2 aromatic carbocycles. The number of benzene rings is 2. The fourth-order valence-corrected chi connectivity index (χ4v) is 3.60. The van der Waals surface area contributed by atoms with E-state index < -0.39 is 0 Å². The molecule has 1 aliphatic heterocycles. The van der Waals surface area contributed by atoms with E-state index in [9.17, 15) is 4.79 Å². The zero-order chi connectivity index (χ0) is 20.6. The third-order valence-electron chi connectivity index (χ3n) is 4.84. The number of hydrazone groups is 1. The molecule has 0 spiro atoms. The molecule has 1 atom stereocenters. The van der Waals surface area contributed by atoms with Gasteiger partial charge in [0.1, 0.15) is 5.75 Å². The van der Waals surface area contributed by atoms with Crippen molar-refractivity contribution >= 4 is 11.6 Å². The molecule has 2 aromatic rings. The summed E-state index contributed by atoms with van der Waals surface area (Å²) in [5.74, 6) is 0.408. The van der Waals surface area contributed by atoms with Gasteiger partial charge < -0.3 is 9.47 Å². The van der Waals surface area contributed by atoms with E-state index in [4.69, 9.17) is 9.47 Å². The van der Waals surface area contributed by atoms with Crippen LogP contribution in [0, 0.1) is 13.8 Å². The van der Waals surface area contributed by atoms with E-state index in [0.29, 0.717) is 19.0 Å². The van der Waals surface area contributed by atoms with Crippen LogP contribution < -0.4 is 10.2 Å². The number of morpholine rings is 1. The van der Waals surface area contributed by atoms with Gasteiger partial charge >= 0.3 is 0 Å². The molecular formula is C23H29N3O3. The van der Waals surface area contributed by atoms with Crippen molar-refractivity contribution in [3.63, 3.8) is 0 Å². The Morgan fingerprint density at radius 2 is 1.79 bits per heavy atom. The van der Waals surface area contributed by atoms with Gasteiger partial charge in [0.05, 0.1) is 25.0 Å². The molecule has 1 amide bonds. The van der Waals surface area contributed by atoms with Crippen LogP contribution in [-0.2, 0) is 9.53 Å². The van der Waals surface area contributed by atoms with Crippen LogP contribution in [-0.4, -0.2) is 49.4 Å². The maximum atomic E-state index is 12.2. The first-order valence-electron chi connectivity index (χ1n) is 9.94. The molecule has 0 bridgehead atoms. The van der Waals surface area contributed by atoms with E-state index in [2.05, 4.69) is 33.6 Å². The number of carbonyl (C=O) groups excluding carboxylic acids is 1. The lowest BCUT2D eigenvalue weighted by Gasteiger charge is -2.34. The highest BCUT2D eigenvalue weighted by Gasteiger charge is 2.25. The van der Waals surface area contributed by atoms with E-state index in [1.54, 1.807) is 0 Å². The quantitative estimate of drug-likeness (QED) is 0.577. The highest BCUT2D eigenvalue weighted by molar-refractivity contribution is 5.90. The van der Waals surface area contributed by atoms with Crippen LogP contribution in [0.25, 0.3) is 0 Å². The van der Waals surface area contributed by atoms with Gasteiger partial charge in [0.15, 0.2) is 6.61 Å². The number of rotatable bonds is 7. The molecule has 1 saturated heterocycles. The highest BCUT2D eigenvalue weighted by Crippen LogP contribution is 2.23. The van der Waals surface area contributed by atoms with E-state index in [1.807, 2.05) is 51.1 Å². The number of nitrogens with zero attached hydrogens (tertiary/aromatic N) is 2. The normalized spacial score (nSPS) is 16.3. The van der Waals surface area contributed by atoms with Crippen LogP contribution in [0.15, 0.2) is 53.6 Å². The summed E-state index contributed by atoms with van der Waals surface area (Å²) in [6, 6.07) is 16.1. The molecule has 6 heteroatoms. The lowest BCUT2D eigenvalue weighted by molar-refractivity contribution is -0.123. The molecule has 1 heterocycles. The molecule has 154 valence electrons. The second kappa shape index (κ2) is 10.2. The van der Waals surface area contributed by atoms with Gasteiger partial charge in [0, 0.05) is 13.1 Å². The highest BCUT2D eigenvalue weighted by atomic mass is 16.5. The fraction of sp³-hybridized carbons (Fsp3) is 0.391. The third kappa shape index (κ3) is 6.14. The van der Waals surface area contributed by atoms with Gasteiger partial charge in [-0.15, -0.1) is 0 Å². The summed E-state index contributed by atoms with van der Waals surface area (Å²) in [7, 11) is 0. The van der Waals surface area contributed by atoms with E-state index >= 15 is 0 Å². The SMILES string of the molecule is C/C(=N/NC(=O)COc1cc(C)cc(C)c1)[C@@H](c1ccccc1)N1CCOCC1. The maximum absolute atomic E-state index is 12.2. The number of hydrogen-bond acceptors (Lipinski definition) is 5. The molecule has 6 nitrogen and oxygen atoms in total. The monoisotopic (exact) mass is 395 g/mol. The van der Waals surface area contributed by atoms with Gasteiger partial charge in [0.2, 0.25) is 0 Å². The van der Waals surface area contributed by atoms with Gasteiger partial charge in [-0.2, -0.15) is 5.10 Å². The van der Waals surface area contributed by atoms with Crippen LogP contribution in [0.2, 0.25) is 0 Å². The molecule has 0 radical (unpaired) electrons. The summed E-state index contributed by atoms with van der Waals surface area (Å²) in [5, 5.41) is 4.38. The Hall–Kier alpha value is -2.70. The van der Waals surface area contributed by atoms with Crippen LogP contribution >= 0.6 is 0 Å². The molecular weight excluding hydrogens is 366 g/mol. The Labute approximate surface area is 172 Å². The summed E-state index contributed by atoms with van der Waals surface area (Å²) in [6.07, 6.45) is 0. The summed E-state index contributed by atoms with van der Waals surface area (Å²) in [4.78, 5) is 14.6. The lowest BCUT2D eigenvalue weighted by atomic mass is 10.0. The van der Waals surface area contributed by atoms with Gasteiger partial charge in [-0.3, -0.25) is 9.69 Å². The lowest BCUT2D eigenvalue weighted by Crippen LogP contribution is -2.42. The minimum absolute atomic E-state index is 0.000686. The van der Waals surface area contributed by atoms with Crippen molar-refractivity contribution < 1.29 is 14.3 Å². The van der Waals surface area contributed by atoms with Crippen molar-refractivity contribution in [1.29, 1.82) is 0 Å². The largest absolute Gasteiger partial charge is 0.484 e. The molecule has 0 aliphatic carbocycles. The predicted molar refractivity (Wildman–Crippen MR) is 114 cm³/mol. The smallest absolute Gasteiger partial charge is 0.277 e. The van der Waals surface area contributed by atoms with Crippen LogP contribution in [0.5, 0.6) is 5.75 Å². The number of ether oxygens (including phenoxy) is 2. The second-order valence-corrected chi connectivity index (χ2v) is 7.36. The fourth-order valence-electron chi connectivity index (χ4n) is 3.60. The van der Waals surface area contributed by atoms with E-state index in [-0.39, 0.29) is 18.6 Å². The van der Waals surface area contributed by atoms with Gasteiger partial charge in [-0.1, -0.05) is 36.4 Å². The van der Waals surface area contributed by atoms with Crippen LogP contribution in [0.1, 0.15) is 29.7 Å². The maximum Gasteiger partial charge on any atom is 0.277 e. The Morgan fingerprint density at radius 3 is 2.45 bits per heavy atom. The standard InChI is InChI=1S/C23H29N3O3/c1-17-13-18(2)15-21(14-17)29-16-22(27)25-24-19(3)23(20-7-5-4-6-8-20)26-9-11-28-12-10-26/h4-8,13-15,23H,9-12,16H2,1-3H3,(H,25,27)/b24-19-/t23-/m0/s1. The zero-order valence-electron chi connectivity index (χ0n) is 17.4. The predicted octanol–water partition coefficient (Wildman–Crippen LogP) is 3.25. The molecule has 0 aromatic heterocycles. The molecule has 1 N–H and O–H groups in total. The van der Waals surface area contributed by atoms with Crippen molar-refractivity contribution in [3.05, 3.63) is 65.2 Å². The minimum Gasteiger partial charge on any atom is -0.484 e. The topological polar surface area (TPSA) is 63.2 Å². The number of amides is 1. The van der Waals surface area contributed by atoms with Gasteiger partial charge in [0.25, 0.3) is 5.91 Å². The third-order valence-corrected chi connectivity index (χ3v) is 4.84. The molecule has 0 unspecified atom stereocenters. The van der Waals surface area contributed by atoms with Crippen molar-refractivity contribution in [2.24, 2.45) is 5.10 Å². The Morgan fingerprint density at radius 1 is 1.14 bits per heavy atom. The summed E-state index contributed by atoms with van der Waals surface area (Å²) in [6.45, 7) is 8.93. The molecule has 29 heavy (non-hydrogen) atoms. The Kier molecular flexibility index (Phi) is 7.38. The first kappa shape index (κ1) is 21.0. The first-order chi connectivity index (χ1) is 14.0. The number of aryl methyl sites for hydroxylation is 2. The molecule has 3 rings (SSSR count). The summed E-state index contributed by atoms with van der Waals surface area (Å²) < 4.78 is 11.1. The average molecular weight is 396 g/mol. The van der Waals surface area contributed by atoms with Crippen LogP contribution in [0.4, 0.5) is 0 Å². The van der Waals surface area contributed by atoms with Crippen molar-refractivity contribution in [1.82, 2.24) is 10.3 Å². The van der Waals surface area contributed by atoms with E-state index in [1.165, 1.54) is 0 Å².